The predicted molar refractivity (Wildman–Crippen MR) is 307 cm³/mol. The normalized spacial score (nSPS) is 14.6. The van der Waals surface area contributed by atoms with Crippen LogP contribution in [0.4, 0.5) is 38.4 Å². The van der Waals surface area contributed by atoms with Crippen LogP contribution in [0.25, 0.3) is 0 Å². The van der Waals surface area contributed by atoms with Crippen LogP contribution in [-0.4, -0.2) is 137 Å². The van der Waals surface area contributed by atoms with Crippen molar-refractivity contribution in [3.63, 3.8) is 0 Å². The first-order chi connectivity index (χ1) is 38.8. The second-order valence-corrected chi connectivity index (χ2v) is 21.3. The highest BCUT2D eigenvalue weighted by Gasteiger charge is 2.41. The second kappa shape index (κ2) is 29.8. The molecule has 0 saturated heterocycles. The van der Waals surface area contributed by atoms with Gasteiger partial charge in [-0.3, -0.25) is 24.5 Å². The van der Waals surface area contributed by atoms with Crippen LogP contribution in [0.2, 0.25) is 10.3 Å². The molecule has 2 unspecified atom stereocenters. The summed E-state index contributed by atoms with van der Waals surface area (Å²) in [6.07, 6.45) is 8.66. The van der Waals surface area contributed by atoms with Crippen LogP contribution >= 0.6 is 46.4 Å². The molecule has 0 fully saturated rings. The average Bonchev–Trinajstić information content (AvgIpc) is 2.79. The number of terminal acetylenes is 1. The molecule has 5 aromatic rings. The van der Waals surface area contributed by atoms with Crippen molar-refractivity contribution in [1.82, 2.24) is 39.5 Å². The topological polar surface area (TPSA) is 292 Å². The van der Waals surface area contributed by atoms with E-state index in [1.807, 2.05) is 52.0 Å². The van der Waals surface area contributed by atoms with Gasteiger partial charge in [0.2, 0.25) is 34.9 Å². The molecule has 0 radical (unpaired) electrons. The van der Waals surface area contributed by atoms with Gasteiger partial charge in [0.1, 0.15) is 23.9 Å². The van der Waals surface area contributed by atoms with E-state index >= 15 is 0 Å². The predicted octanol–water partition coefficient (Wildman–Crippen LogP) is 8.11. The number of hydrogen-bond donors (Lipinski definition) is 4. The molecule has 4 N–H and O–H groups in total. The third-order valence-corrected chi connectivity index (χ3v) is 13.3. The number of sulfonamides is 1. The number of carbonyl (C=O) groups is 5. The molecule has 6 amide bonds. The molecule has 2 aliphatic heterocycles. The van der Waals surface area contributed by atoms with Gasteiger partial charge >= 0.3 is 6.03 Å². The Morgan fingerprint density at radius 1 is 0.890 bits per heavy atom. The highest BCUT2D eigenvalue weighted by atomic mass is 35.5. The zero-order valence-electron chi connectivity index (χ0n) is 45.7. The summed E-state index contributed by atoms with van der Waals surface area (Å²) in [7, 11) is 1.15. The maximum Gasteiger partial charge on any atom is 0.335 e. The molecular formula is C52H58Cl4FN13O11S. The van der Waals surface area contributed by atoms with E-state index in [1.54, 1.807) is 16.5 Å². The zero-order chi connectivity index (χ0) is 60.6. The third-order valence-electron chi connectivity index (χ3n) is 11.2. The molecule has 8 rings (SSSR count). The summed E-state index contributed by atoms with van der Waals surface area (Å²) in [5, 5.41) is 7.81. The minimum atomic E-state index is -4.46. The number of imide groups is 1. The minimum Gasteiger partial charge on any atom is -0.489 e. The Labute approximate surface area is 492 Å². The summed E-state index contributed by atoms with van der Waals surface area (Å²) in [5.74, 6) is 1.51. The van der Waals surface area contributed by atoms with Crippen molar-refractivity contribution in [3.05, 3.63) is 93.6 Å². The average molecular weight is 1230 g/mol. The maximum atomic E-state index is 14.4. The van der Waals surface area contributed by atoms with Gasteiger partial charge in [-0.25, -0.2) is 23.8 Å². The molecule has 1 aliphatic carbocycles. The number of nitrogens with one attached hydrogen (secondary N) is 4. The van der Waals surface area contributed by atoms with Crippen molar-refractivity contribution in [2.75, 3.05) is 67.2 Å². The van der Waals surface area contributed by atoms with Crippen molar-refractivity contribution < 1.29 is 55.7 Å². The molecule has 2 atom stereocenters. The first kappa shape index (κ1) is 65.0. The van der Waals surface area contributed by atoms with Gasteiger partial charge in [-0.2, -0.15) is 33.3 Å². The van der Waals surface area contributed by atoms with Gasteiger partial charge in [-0.15, -0.1) is 6.42 Å². The summed E-state index contributed by atoms with van der Waals surface area (Å²) >= 11 is 23.0. The maximum absolute atomic E-state index is 14.4. The zero-order valence-corrected chi connectivity index (χ0v) is 49.6. The summed E-state index contributed by atoms with van der Waals surface area (Å²) in [6, 6.07) is 12.7. The number of carbonyl (C=O) groups excluding carboxylic acids is 5. The van der Waals surface area contributed by atoms with Crippen molar-refractivity contribution in [1.29, 1.82) is 0 Å². The van der Waals surface area contributed by atoms with E-state index in [9.17, 15) is 36.8 Å². The number of pyridine rings is 1. The van der Waals surface area contributed by atoms with Crippen LogP contribution in [0.5, 0.6) is 23.3 Å². The fourth-order valence-corrected chi connectivity index (χ4v) is 9.19. The van der Waals surface area contributed by atoms with Gasteiger partial charge in [-0.05, 0) is 102 Å². The molecule has 3 aromatic heterocycles. The lowest BCUT2D eigenvalue weighted by Crippen LogP contribution is -2.47. The Balaban J connectivity index is 0.000000208. The van der Waals surface area contributed by atoms with Gasteiger partial charge in [-0.1, -0.05) is 52.9 Å². The Hall–Kier alpha value is -7.83. The molecule has 30 heteroatoms. The number of ether oxygens (including phenoxy) is 4. The molecule has 0 spiro atoms. The van der Waals surface area contributed by atoms with E-state index in [0.29, 0.717) is 48.2 Å². The van der Waals surface area contributed by atoms with E-state index in [4.69, 9.17) is 71.8 Å². The first-order valence-electron chi connectivity index (χ1n) is 24.8. The van der Waals surface area contributed by atoms with Crippen molar-refractivity contribution in [2.45, 2.75) is 88.4 Å². The summed E-state index contributed by atoms with van der Waals surface area (Å²) in [4.78, 5) is 87.3. The lowest BCUT2D eigenvalue weighted by atomic mass is 9.93. The largest absolute Gasteiger partial charge is 0.489 e. The van der Waals surface area contributed by atoms with Crippen molar-refractivity contribution in [2.24, 2.45) is 0 Å². The van der Waals surface area contributed by atoms with Crippen LogP contribution in [-0.2, 0) is 24.4 Å². The van der Waals surface area contributed by atoms with Crippen LogP contribution in [0, 0.1) is 18.2 Å². The smallest absolute Gasteiger partial charge is 0.335 e. The molecule has 5 heterocycles. The first-order valence-corrected chi connectivity index (χ1v) is 27.9. The quantitative estimate of drug-likeness (QED) is 0.0464. The number of nitrogens with zero attached hydrogens (tertiary/aromatic N) is 9. The fourth-order valence-electron chi connectivity index (χ4n) is 7.59. The number of urea groups is 1. The van der Waals surface area contributed by atoms with Crippen molar-refractivity contribution in [3.8, 4) is 35.6 Å². The lowest BCUT2D eigenvalue weighted by molar-refractivity contribution is -0.121. The molecule has 82 heavy (non-hydrogen) atoms. The Morgan fingerprint density at radius 2 is 1.51 bits per heavy atom. The fraction of sp³-hybridized carbons (Fsp3) is 0.365. The number of fused-ring (bicyclic) bond motifs is 1. The number of methoxy groups -OCH3 is 2. The summed E-state index contributed by atoms with van der Waals surface area (Å²) < 4.78 is 62.0. The van der Waals surface area contributed by atoms with E-state index in [1.165, 1.54) is 63.7 Å². The second-order valence-electron chi connectivity index (χ2n) is 17.9. The Bertz CT molecular complexity index is 3310. The minimum absolute atomic E-state index is 0.0233. The van der Waals surface area contributed by atoms with E-state index in [2.05, 4.69) is 51.8 Å². The van der Waals surface area contributed by atoms with Gasteiger partial charge in [0.25, 0.3) is 33.7 Å². The molecule has 0 bridgehead atoms. The van der Waals surface area contributed by atoms with Crippen molar-refractivity contribution >= 4 is 115 Å². The summed E-state index contributed by atoms with van der Waals surface area (Å²) in [5.41, 5.74) is 1.34. The number of amides is 6. The molecular weight excluding hydrogens is 1180 g/mol. The van der Waals surface area contributed by atoms with E-state index in [0.717, 1.165) is 36.0 Å². The highest BCUT2D eigenvalue weighted by Crippen LogP contribution is 2.40. The number of aromatic nitrogens is 6. The SMILES string of the molecule is C#CC(C)Oc1cc(N2C(=O)C3=C(CCCC3)C2=O)c(F)cc1Cl.CC1COc2ccccc2N1C(=O)C(Cl)Cl.CCNc1nc(Cl)nc(NC(C)C)n1.COc1cc(OC)nc(NC(=O)NS(=O)(=O)c2ncccc2C(=O)N(C)C)n1. The molecule has 24 nitrogen and oxygen atoms in total. The lowest BCUT2D eigenvalue weighted by Gasteiger charge is -2.35. The third kappa shape index (κ3) is 17.1. The van der Waals surface area contributed by atoms with E-state index < -0.39 is 55.6 Å². The number of alkyl halides is 2. The number of halogens is 5. The molecule has 2 aromatic carbocycles. The standard InChI is InChI=1S/C18H15ClFNO3.C15H18N6O6S.C11H11Cl2NO2.C8H14ClN5/c1-3-10(2)24-16-9-15(14(20)8-13(16)19)21-17(22)11-6-4-5-7-12(11)18(21)23;1-21(2)13(22)9-6-5-7-16-12(9)28(24,25)20-15(23)19-14-17-10(26-3)8-11(18-14)27-4;1-7-6-16-9-5-3-2-4-8(9)14(7)11(15)10(12)13;1-4-10-7-12-6(9)13-8(14-7)11-5(2)3/h1,8-10H,4-7H2,2H3;5-8H,1-4H3,(H2,17,18,19,20,23);2-5,7,10H,6H2,1H3;5H,4H2,1-3H3,(H2,10,11,12,13,14). The Kier molecular flexibility index (Phi) is 23.6. The highest BCUT2D eigenvalue weighted by molar-refractivity contribution is 7.90. The number of benzene rings is 2. The van der Waals surface area contributed by atoms with Gasteiger partial charge in [0.15, 0.2) is 16.0 Å². The van der Waals surface area contributed by atoms with Crippen LogP contribution in [0.1, 0.15) is 70.7 Å². The monoisotopic (exact) mass is 1230 g/mol. The number of para-hydroxylation sites is 2. The van der Waals surface area contributed by atoms with Gasteiger partial charge < -0.3 is 39.4 Å². The van der Waals surface area contributed by atoms with Crippen LogP contribution in [0.3, 0.4) is 0 Å². The number of rotatable bonds is 14. The Morgan fingerprint density at radius 3 is 2.09 bits per heavy atom. The number of hydrogen-bond acceptors (Lipinski definition) is 19. The van der Waals surface area contributed by atoms with Gasteiger partial charge in [0.05, 0.1) is 48.3 Å². The molecule has 0 saturated carbocycles. The van der Waals surface area contributed by atoms with E-state index in [-0.39, 0.29) is 63.0 Å². The van der Waals surface area contributed by atoms with Crippen LogP contribution < -0.4 is 49.4 Å². The molecule has 438 valence electrons. The molecule has 3 aliphatic rings. The van der Waals surface area contributed by atoms with Gasteiger partial charge in [0, 0.05) is 50.1 Å². The number of anilines is 5. The van der Waals surface area contributed by atoms with Crippen LogP contribution in [0.15, 0.2) is 77.0 Å². The summed E-state index contributed by atoms with van der Waals surface area (Å²) in [6.45, 7) is 10.7.